The van der Waals surface area contributed by atoms with E-state index in [1.54, 1.807) is 26.1 Å². The number of nitrogens with one attached hydrogen (secondary N) is 2. The maximum absolute atomic E-state index is 14.2. The molecule has 1 fully saturated rings. The lowest BCUT2D eigenvalue weighted by Gasteiger charge is -2.24. The zero-order valence-electron chi connectivity index (χ0n) is 20.3. The Morgan fingerprint density at radius 2 is 1.97 bits per heavy atom. The molecule has 7 heteroatoms. The minimum absolute atomic E-state index is 0.0984. The molecule has 1 saturated carbocycles. The van der Waals surface area contributed by atoms with Gasteiger partial charge in [0.05, 0.1) is 23.9 Å². The molecule has 2 aromatic rings. The van der Waals surface area contributed by atoms with Gasteiger partial charge in [-0.25, -0.2) is 9.37 Å². The molecule has 3 N–H and O–H groups in total. The van der Waals surface area contributed by atoms with Gasteiger partial charge in [-0.15, -0.1) is 0 Å². The number of pyridine rings is 1. The number of amides is 1. The Morgan fingerprint density at radius 1 is 1.27 bits per heavy atom. The summed E-state index contributed by atoms with van der Waals surface area (Å²) < 4.78 is 20.4. The largest absolute Gasteiger partial charge is 0.474 e. The van der Waals surface area contributed by atoms with Gasteiger partial charge in [0.15, 0.2) is 0 Å². The first kappa shape index (κ1) is 25.0. The van der Waals surface area contributed by atoms with Crippen LogP contribution < -0.4 is 15.4 Å². The molecule has 0 spiro atoms. The van der Waals surface area contributed by atoms with Crippen molar-refractivity contribution in [2.75, 3.05) is 12.4 Å². The number of nitrogens with zero attached hydrogens (tertiary/aromatic N) is 1. The van der Waals surface area contributed by atoms with E-state index in [9.17, 15) is 14.3 Å². The highest BCUT2D eigenvalue weighted by atomic mass is 19.1. The average molecular weight is 458 g/mol. The third-order valence-corrected chi connectivity index (χ3v) is 6.29. The van der Waals surface area contributed by atoms with Crippen molar-refractivity contribution in [3.05, 3.63) is 52.5 Å². The first-order chi connectivity index (χ1) is 15.6. The number of aliphatic hydroxyl groups is 1. The zero-order chi connectivity index (χ0) is 24.2. The van der Waals surface area contributed by atoms with Crippen molar-refractivity contribution in [3.8, 4) is 5.88 Å². The van der Waals surface area contributed by atoms with Gasteiger partial charge in [0.25, 0.3) is 0 Å². The molecule has 1 unspecified atom stereocenters. The third kappa shape index (κ3) is 6.02. The summed E-state index contributed by atoms with van der Waals surface area (Å²) in [5, 5.41) is 15.8. The molecule has 1 aromatic heterocycles. The van der Waals surface area contributed by atoms with E-state index in [1.807, 2.05) is 6.07 Å². The number of carbonyl (C=O) groups excluding carboxylic acids is 1. The number of aliphatic hydroxyl groups excluding tert-OH is 1. The van der Waals surface area contributed by atoms with Crippen LogP contribution in [-0.2, 0) is 23.4 Å². The predicted molar refractivity (Wildman–Crippen MR) is 128 cm³/mol. The van der Waals surface area contributed by atoms with Crippen LogP contribution in [0.3, 0.4) is 0 Å². The van der Waals surface area contributed by atoms with Crippen molar-refractivity contribution in [2.24, 2.45) is 0 Å². The van der Waals surface area contributed by atoms with E-state index in [1.165, 1.54) is 6.07 Å². The Balaban J connectivity index is 1.83. The minimum atomic E-state index is -0.538. The Kier molecular flexibility index (Phi) is 7.95. The van der Waals surface area contributed by atoms with Gasteiger partial charge in [-0.2, -0.15) is 0 Å². The monoisotopic (exact) mass is 457 g/mol. The third-order valence-electron chi connectivity index (χ3n) is 6.29. The summed E-state index contributed by atoms with van der Waals surface area (Å²) in [6.07, 6.45) is 4.31. The van der Waals surface area contributed by atoms with Gasteiger partial charge in [-0.1, -0.05) is 26.8 Å². The van der Waals surface area contributed by atoms with Crippen LogP contribution >= 0.6 is 0 Å². The van der Waals surface area contributed by atoms with E-state index >= 15 is 0 Å². The summed E-state index contributed by atoms with van der Waals surface area (Å²) in [5.41, 5.74) is 2.99. The molecule has 1 heterocycles. The molecule has 1 aliphatic carbocycles. The van der Waals surface area contributed by atoms with Crippen LogP contribution in [0.1, 0.15) is 81.7 Å². The maximum Gasteiger partial charge on any atom is 0.227 e. The van der Waals surface area contributed by atoms with Crippen LogP contribution in [0.25, 0.3) is 0 Å². The van der Waals surface area contributed by atoms with Gasteiger partial charge in [-0.3, -0.25) is 4.79 Å². The second-order valence-electron chi connectivity index (χ2n) is 9.81. The normalized spacial score (nSPS) is 15.4. The molecule has 0 saturated heterocycles. The summed E-state index contributed by atoms with van der Waals surface area (Å²) >= 11 is 0. The summed E-state index contributed by atoms with van der Waals surface area (Å²) in [7, 11) is 1.65. The zero-order valence-corrected chi connectivity index (χ0v) is 20.3. The van der Waals surface area contributed by atoms with Crippen molar-refractivity contribution in [1.29, 1.82) is 0 Å². The van der Waals surface area contributed by atoms with Gasteiger partial charge in [0.1, 0.15) is 11.9 Å². The Morgan fingerprint density at radius 3 is 2.55 bits per heavy atom. The first-order valence-electron chi connectivity index (χ1n) is 11.7. The molecule has 0 aliphatic heterocycles. The van der Waals surface area contributed by atoms with E-state index in [0.717, 1.165) is 31.4 Å². The molecule has 6 nitrogen and oxygen atoms in total. The van der Waals surface area contributed by atoms with E-state index < -0.39 is 11.7 Å². The fraction of sp³-hybridized carbons (Fsp3) is 0.538. The number of anilines is 1. The highest BCUT2D eigenvalue weighted by Crippen LogP contribution is 2.32. The molecule has 0 bridgehead atoms. The van der Waals surface area contributed by atoms with Gasteiger partial charge in [0, 0.05) is 24.6 Å². The average Bonchev–Trinajstić information content (AvgIpc) is 3.29. The summed E-state index contributed by atoms with van der Waals surface area (Å²) in [5.74, 6) is -0.687. The summed E-state index contributed by atoms with van der Waals surface area (Å²) in [4.78, 5) is 17.7. The number of rotatable bonds is 8. The lowest BCUT2D eigenvalue weighted by atomic mass is 9.90. The van der Waals surface area contributed by atoms with Crippen LogP contribution in [0.2, 0.25) is 0 Å². The van der Waals surface area contributed by atoms with Crippen LogP contribution in [0.15, 0.2) is 24.3 Å². The molecule has 1 aromatic carbocycles. The van der Waals surface area contributed by atoms with E-state index in [0.29, 0.717) is 28.3 Å². The Hall–Kier alpha value is -2.67. The van der Waals surface area contributed by atoms with Gasteiger partial charge >= 0.3 is 0 Å². The van der Waals surface area contributed by atoms with Crippen LogP contribution in [0, 0.1) is 5.82 Å². The van der Waals surface area contributed by atoms with E-state index in [-0.39, 0.29) is 30.6 Å². The van der Waals surface area contributed by atoms with E-state index in [2.05, 4.69) is 31.4 Å². The second-order valence-corrected chi connectivity index (χ2v) is 9.81. The number of aromatic nitrogens is 1. The number of halogens is 1. The lowest BCUT2D eigenvalue weighted by Crippen LogP contribution is -2.29. The summed E-state index contributed by atoms with van der Waals surface area (Å²) in [6.45, 7) is 7.94. The SMILES string of the molecule is CNc1ccc(C(C)C(=O)NCc2c(CO)cc(C(C)(C)C)nc2OC2CCCC2)cc1F. The van der Waals surface area contributed by atoms with E-state index in [4.69, 9.17) is 9.72 Å². The van der Waals surface area contributed by atoms with Gasteiger partial charge < -0.3 is 20.5 Å². The second kappa shape index (κ2) is 10.5. The first-order valence-corrected chi connectivity index (χ1v) is 11.7. The van der Waals surface area contributed by atoms with Crippen molar-refractivity contribution in [1.82, 2.24) is 10.3 Å². The Labute approximate surface area is 196 Å². The van der Waals surface area contributed by atoms with Crippen molar-refractivity contribution in [3.63, 3.8) is 0 Å². The highest BCUT2D eigenvalue weighted by molar-refractivity contribution is 5.83. The maximum atomic E-state index is 14.2. The molecular formula is C26H36FN3O3. The smallest absolute Gasteiger partial charge is 0.227 e. The summed E-state index contributed by atoms with van der Waals surface area (Å²) in [6, 6.07) is 6.63. The molecular weight excluding hydrogens is 421 g/mol. The fourth-order valence-corrected chi connectivity index (χ4v) is 4.06. The van der Waals surface area contributed by atoms with Crippen molar-refractivity contribution < 1.29 is 19.0 Å². The lowest BCUT2D eigenvalue weighted by molar-refractivity contribution is -0.122. The molecule has 1 aliphatic rings. The Bertz CT molecular complexity index is 981. The van der Waals surface area contributed by atoms with Crippen LogP contribution in [0.5, 0.6) is 5.88 Å². The highest BCUT2D eigenvalue weighted by Gasteiger charge is 2.25. The molecule has 3 rings (SSSR count). The predicted octanol–water partition coefficient (Wildman–Crippen LogP) is 4.79. The van der Waals surface area contributed by atoms with Crippen molar-refractivity contribution >= 4 is 11.6 Å². The number of hydrogen-bond donors (Lipinski definition) is 3. The topological polar surface area (TPSA) is 83.5 Å². The number of ether oxygens (including phenoxy) is 1. The number of benzene rings is 1. The van der Waals surface area contributed by atoms with Crippen LogP contribution in [0.4, 0.5) is 10.1 Å². The quantitative estimate of drug-likeness (QED) is 0.531. The van der Waals surface area contributed by atoms with Gasteiger partial charge in [-0.05, 0) is 61.9 Å². The molecule has 1 amide bonds. The van der Waals surface area contributed by atoms with Crippen molar-refractivity contribution in [2.45, 2.75) is 84.0 Å². The number of carbonyl (C=O) groups is 1. The van der Waals surface area contributed by atoms with Gasteiger partial charge in [0.2, 0.25) is 11.8 Å². The number of hydrogen-bond acceptors (Lipinski definition) is 5. The molecule has 1 atom stereocenters. The molecule has 33 heavy (non-hydrogen) atoms. The molecule has 0 radical (unpaired) electrons. The molecule has 180 valence electrons. The van der Waals surface area contributed by atoms with Crippen LogP contribution in [-0.4, -0.2) is 29.1 Å². The fourth-order valence-electron chi connectivity index (χ4n) is 4.06. The standard InChI is InChI=1S/C26H36FN3O3/c1-16(17-10-11-22(28-5)21(27)12-17)24(32)29-14-20-18(15-31)13-23(26(2,3)4)30-25(20)33-19-8-6-7-9-19/h10-13,16,19,28,31H,6-9,14-15H2,1-5H3,(H,29,32). The minimum Gasteiger partial charge on any atom is -0.474 e.